The van der Waals surface area contributed by atoms with E-state index in [-0.39, 0.29) is 5.84 Å². The highest BCUT2D eigenvalue weighted by Crippen LogP contribution is 2.17. The molecule has 3 aromatic rings. The third-order valence-electron chi connectivity index (χ3n) is 3.63. The second kappa shape index (κ2) is 6.97. The maximum absolute atomic E-state index is 8.86. The number of nitrogens with zero attached hydrogens (tertiary/aromatic N) is 3. The summed E-state index contributed by atoms with van der Waals surface area (Å²) < 4.78 is 5.33. The molecule has 0 atom stereocenters. The molecule has 5 N–H and O–H groups in total. The summed E-state index contributed by atoms with van der Waals surface area (Å²) >= 11 is 0. The number of imidazole rings is 1. The first-order valence-electron chi connectivity index (χ1n) is 7.37. The average molecular weight is 326 g/mol. The van der Waals surface area contributed by atoms with Crippen molar-refractivity contribution >= 4 is 17.0 Å². The summed E-state index contributed by atoms with van der Waals surface area (Å²) in [7, 11) is 1.65. The van der Waals surface area contributed by atoms with Gasteiger partial charge in [-0.3, -0.25) is 0 Å². The SMILES string of the molecule is COc1ccccc1CNCc1nc2nccc(/C(N)=N/O)c2[nH]1. The van der Waals surface area contributed by atoms with Crippen molar-refractivity contribution in [2.45, 2.75) is 13.1 Å². The van der Waals surface area contributed by atoms with Gasteiger partial charge in [-0.15, -0.1) is 0 Å². The van der Waals surface area contributed by atoms with E-state index in [2.05, 4.69) is 25.4 Å². The number of ether oxygens (including phenoxy) is 1. The van der Waals surface area contributed by atoms with Crippen LogP contribution in [0.15, 0.2) is 41.7 Å². The molecular weight excluding hydrogens is 308 g/mol. The lowest BCUT2D eigenvalue weighted by Gasteiger charge is -2.08. The molecule has 8 heteroatoms. The molecule has 0 fully saturated rings. The molecule has 0 spiro atoms. The van der Waals surface area contributed by atoms with Crippen LogP contribution < -0.4 is 15.8 Å². The van der Waals surface area contributed by atoms with Gasteiger partial charge in [-0.25, -0.2) is 9.97 Å². The third-order valence-corrected chi connectivity index (χ3v) is 3.63. The normalized spacial score (nSPS) is 11.8. The van der Waals surface area contributed by atoms with Gasteiger partial charge in [-0.1, -0.05) is 23.4 Å². The fourth-order valence-corrected chi connectivity index (χ4v) is 2.47. The second-order valence-corrected chi connectivity index (χ2v) is 5.14. The van der Waals surface area contributed by atoms with E-state index in [0.717, 1.165) is 11.3 Å². The van der Waals surface area contributed by atoms with Gasteiger partial charge in [0.1, 0.15) is 11.6 Å². The number of nitrogens with one attached hydrogen (secondary N) is 2. The molecule has 0 saturated heterocycles. The topological polar surface area (TPSA) is 121 Å². The molecule has 0 aliphatic rings. The van der Waals surface area contributed by atoms with Gasteiger partial charge in [-0.05, 0) is 12.1 Å². The zero-order valence-corrected chi connectivity index (χ0v) is 13.2. The van der Waals surface area contributed by atoms with Crippen LogP contribution in [0.25, 0.3) is 11.2 Å². The van der Waals surface area contributed by atoms with Crippen LogP contribution in [0.3, 0.4) is 0 Å². The summed E-state index contributed by atoms with van der Waals surface area (Å²) in [6, 6.07) is 9.49. The number of rotatable bonds is 6. The van der Waals surface area contributed by atoms with Gasteiger partial charge in [-0.2, -0.15) is 0 Å². The van der Waals surface area contributed by atoms with Crippen LogP contribution in [0.2, 0.25) is 0 Å². The van der Waals surface area contributed by atoms with Gasteiger partial charge in [0, 0.05) is 23.9 Å². The van der Waals surface area contributed by atoms with Crippen LogP contribution in [-0.2, 0) is 13.1 Å². The number of amidine groups is 1. The maximum atomic E-state index is 8.86. The summed E-state index contributed by atoms with van der Waals surface area (Å²) in [5.41, 5.74) is 8.46. The fraction of sp³-hybridized carbons (Fsp3) is 0.188. The summed E-state index contributed by atoms with van der Waals surface area (Å²) in [5, 5.41) is 15.2. The highest BCUT2D eigenvalue weighted by atomic mass is 16.5. The van der Waals surface area contributed by atoms with Gasteiger partial charge in [0.15, 0.2) is 11.5 Å². The predicted octanol–water partition coefficient (Wildman–Crippen LogP) is 1.35. The smallest absolute Gasteiger partial charge is 0.178 e. The summed E-state index contributed by atoms with van der Waals surface area (Å²) in [6.45, 7) is 1.16. The van der Waals surface area contributed by atoms with Crippen LogP contribution in [0.4, 0.5) is 0 Å². The number of hydrogen-bond acceptors (Lipinski definition) is 6. The molecule has 0 radical (unpaired) electrons. The van der Waals surface area contributed by atoms with Gasteiger partial charge >= 0.3 is 0 Å². The minimum Gasteiger partial charge on any atom is -0.496 e. The Hall–Kier alpha value is -3.13. The quantitative estimate of drug-likeness (QED) is 0.235. The van der Waals surface area contributed by atoms with Crippen molar-refractivity contribution in [1.29, 1.82) is 0 Å². The van der Waals surface area contributed by atoms with Crippen LogP contribution in [0.1, 0.15) is 17.0 Å². The first kappa shape index (κ1) is 15.8. The highest BCUT2D eigenvalue weighted by Gasteiger charge is 2.11. The maximum Gasteiger partial charge on any atom is 0.178 e. The molecule has 124 valence electrons. The first-order chi connectivity index (χ1) is 11.7. The molecule has 3 rings (SSSR count). The lowest BCUT2D eigenvalue weighted by atomic mass is 10.2. The van der Waals surface area contributed by atoms with Crippen molar-refractivity contribution in [2.24, 2.45) is 10.9 Å². The second-order valence-electron chi connectivity index (χ2n) is 5.14. The van der Waals surface area contributed by atoms with E-state index in [0.29, 0.717) is 35.6 Å². The Morgan fingerprint density at radius 2 is 2.17 bits per heavy atom. The van der Waals surface area contributed by atoms with Crippen molar-refractivity contribution in [3.8, 4) is 5.75 Å². The van der Waals surface area contributed by atoms with E-state index in [1.165, 1.54) is 0 Å². The molecule has 0 bridgehead atoms. The number of nitrogens with two attached hydrogens (primary N) is 1. The Bertz CT molecular complexity index is 874. The Labute approximate surface area is 138 Å². The molecule has 0 aliphatic heterocycles. The van der Waals surface area contributed by atoms with Crippen LogP contribution in [0.5, 0.6) is 5.75 Å². The molecular formula is C16H18N6O2. The summed E-state index contributed by atoms with van der Waals surface area (Å²) in [4.78, 5) is 11.8. The van der Waals surface area contributed by atoms with Gasteiger partial charge in [0.2, 0.25) is 0 Å². The lowest BCUT2D eigenvalue weighted by molar-refractivity contribution is 0.318. The lowest BCUT2D eigenvalue weighted by Crippen LogP contribution is -2.14. The zero-order chi connectivity index (χ0) is 16.9. The van der Waals surface area contributed by atoms with Crippen molar-refractivity contribution < 1.29 is 9.94 Å². The number of hydrogen-bond donors (Lipinski definition) is 4. The molecule has 8 nitrogen and oxygen atoms in total. The van der Waals surface area contributed by atoms with E-state index in [1.807, 2.05) is 24.3 Å². The van der Waals surface area contributed by atoms with E-state index >= 15 is 0 Å². The van der Waals surface area contributed by atoms with Crippen LogP contribution in [0, 0.1) is 0 Å². The van der Waals surface area contributed by atoms with Gasteiger partial charge in [0.25, 0.3) is 0 Å². The largest absolute Gasteiger partial charge is 0.496 e. The fourth-order valence-electron chi connectivity index (χ4n) is 2.47. The Kier molecular flexibility index (Phi) is 4.57. The molecule has 0 saturated carbocycles. The number of H-pyrrole nitrogens is 1. The van der Waals surface area contributed by atoms with E-state index < -0.39 is 0 Å². The highest BCUT2D eigenvalue weighted by molar-refractivity contribution is 6.05. The van der Waals surface area contributed by atoms with Crippen molar-refractivity contribution in [1.82, 2.24) is 20.3 Å². The number of aromatic nitrogens is 3. The summed E-state index contributed by atoms with van der Waals surface area (Å²) in [5.74, 6) is 1.57. The van der Waals surface area contributed by atoms with E-state index in [1.54, 1.807) is 19.4 Å². The van der Waals surface area contributed by atoms with Crippen molar-refractivity contribution in [3.05, 3.63) is 53.5 Å². The zero-order valence-electron chi connectivity index (χ0n) is 13.2. The van der Waals surface area contributed by atoms with E-state index in [4.69, 9.17) is 15.7 Å². The number of benzene rings is 1. The molecule has 0 amide bonds. The summed E-state index contributed by atoms with van der Waals surface area (Å²) in [6.07, 6.45) is 1.57. The molecule has 1 aromatic carbocycles. The molecule has 0 aliphatic carbocycles. The molecule has 0 unspecified atom stereocenters. The number of aromatic amines is 1. The van der Waals surface area contributed by atoms with Crippen LogP contribution in [-0.4, -0.2) is 33.1 Å². The molecule has 2 heterocycles. The van der Waals surface area contributed by atoms with E-state index in [9.17, 15) is 0 Å². The Morgan fingerprint density at radius 3 is 2.96 bits per heavy atom. The van der Waals surface area contributed by atoms with Crippen LogP contribution >= 0.6 is 0 Å². The Balaban J connectivity index is 1.74. The van der Waals surface area contributed by atoms with Crippen molar-refractivity contribution in [3.63, 3.8) is 0 Å². The van der Waals surface area contributed by atoms with Gasteiger partial charge in [0.05, 0.1) is 19.2 Å². The number of oxime groups is 1. The number of methoxy groups -OCH3 is 1. The molecule has 24 heavy (non-hydrogen) atoms. The monoisotopic (exact) mass is 326 g/mol. The van der Waals surface area contributed by atoms with Gasteiger partial charge < -0.3 is 26.0 Å². The first-order valence-corrected chi connectivity index (χ1v) is 7.37. The minimum atomic E-state index is 0.0135. The minimum absolute atomic E-state index is 0.0135. The number of para-hydroxylation sites is 1. The predicted molar refractivity (Wildman–Crippen MR) is 89.9 cm³/mol. The third kappa shape index (κ3) is 3.13. The Morgan fingerprint density at radius 1 is 1.33 bits per heavy atom. The van der Waals surface area contributed by atoms with Crippen molar-refractivity contribution in [2.75, 3.05) is 7.11 Å². The standard InChI is InChI=1S/C16H18N6O2/c1-24-12-5-3-2-4-10(12)8-18-9-13-20-14-11(15(17)22-23)6-7-19-16(14)21-13/h2-7,18,23H,8-9H2,1H3,(H2,17,22)(H,19,20,21). The number of pyridine rings is 1. The number of fused-ring (bicyclic) bond motifs is 1. The molecule has 2 aromatic heterocycles. The average Bonchev–Trinajstić information content (AvgIpc) is 3.04.